The smallest absolute Gasteiger partial charge is 0.167 e. The summed E-state index contributed by atoms with van der Waals surface area (Å²) in [5.41, 5.74) is 2.56. The molecule has 2 aromatic carbocycles. The Labute approximate surface area is 176 Å². The highest BCUT2D eigenvalue weighted by Crippen LogP contribution is 2.29. The molecule has 0 fully saturated rings. The Balaban J connectivity index is 1.90. The van der Waals surface area contributed by atoms with Crippen LogP contribution in [0.25, 0.3) is 0 Å². The summed E-state index contributed by atoms with van der Waals surface area (Å²) >= 11 is 6.00. The summed E-state index contributed by atoms with van der Waals surface area (Å²) in [6.07, 6.45) is -0.0848. The minimum absolute atomic E-state index is 0.0848. The SMILES string of the molecule is CC(C)Oc1ccc(Nc2cc(C(C)(C)C)nn2Cc2ccc(Cl)cc2)cc1F. The number of nitrogens with one attached hydrogen (secondary N) is 1. The standard InChI is InChI=1S/C23H27ClFN3O/c1-15(2)29-20-11-10-18(12-19(20)25)26-22-13-21(23(3,4)5)27-28(22)14-16-6-8-17(24)9-7-16/h6-13,15,26H,14H2,1-5H3. The van der Waals surface area contributed by atoms with Crippen LogP contribution in [0.2, 0.25) is 5.02 Å². The maximum Gasteiger partial charge on any atom is 0.167 e. The summed E-state index contributed by atoms with van der Waals surface area (Å²) in [7, 11) is 0. The van der Waals surface area contributed by atoms with Crippen molar-refractivity contribution in [2.24, 2.45) is 0 Å². The average molecular weight is 416 g/mol. The highest BCUT2D eigenvalue weighted by molar-refractivity contribution is 6.30. The van der Waals surface area contributed by atoms with E-state index in [2.05, 4.69) is 26.1 Å². The van der Waals surface area contributed by atoms with Gasteiger partial charge in [0.15, 0.2) is 11.6 Å². The second-order valence-corrected chi connectivity index (χ2v) is 8.82. The molecule has 0 spiro atoms. The van der Waals surface area contributed by atoms with Crippen molar-refractivity contribution in [3.63, 3.8) is 0 Å². The van der Waals surface area contributed by atoms with Gasteiger partial charge in [0.2, 0.25) is 0 Å². The molecule has 0 amide bonds. The van der Waals surface area contributed by atoms with E-state index in [-0.39, 0.29) is 17.3 Å². The number of anilines is 2. The van der Waals surface area contributed by atoms with Crippen molar-refractivity contribution in [1.29, 1.82) is 0 Å². The molecule has 0 aliphatic heterocycles. The Morgan fingerprint density at radius 1 is 1.10 bits per heavy atom. The van der Waals surface area contributed by atoms with Gasteiger partial charge in [0.05, 0.1) is 18.3 Å². The third-order valence-electron chi connectivity index (χ3n) is 4.36. The van der Waals surface area contributed by atoms with Crippen LogP contribution in [0.5, 0.6) is 5.75 Å². The van der Waals surface area contributed by atoms with E-state index in [0.717, 1.165) is 17.1 Å². The molecule has 6 heteroatoms. The summed E-state index contributed by atoms with van der Waals surface area (Å²) in [4.78, 5) is 0. The average Bonchev–Trinajstić information content (AvgIpc) is 3.02. The summed E-state index contributed by atoms with van der Waals surface area (Å²) in [5, 5.41) is 8.77. The Bertz CT molecular complexity index is 975. The van der Waals surface area contributed by atoms with Crippen LogP contribution in [0.3, 0.4) is 0 Å². The number of halogens is 2. The van der Waals surface area contributed by atoms with E-state index in [1.54, 1.807) is 12.1 Å². The van der Waals surface area contributed by atoms with Crippen molar-refractivity contribution in [3.8, 4) is 5.75 Å². The molecular weight excluding hydrogens is 389 g/mol. The van der Waals surface area contributed by atoms with Crippen molar-refractivity contribution in [3.05, 3.63) is 70.6 Å². The number of nitrogens with zero attached hydrogens (tertiary/aromatic N) is 2. The van der Waals surface area contributed by atoms with Gasteiger partial charge < -0.3 is 10.1 Å². The van der Waals surface area contributed by atoms with Crippen LogP contribution in [0.1, 0.15) is 45.9 Å². The predicted molar refractivity (Wildman–Crippen MR) is 117 cm³/mol. The molecule has 0 aliphatic rings. The van der Waals surface area contributed by atoms with Crippen LogP contribution >= 0.6 is 11.6 Å². The first-order chi connectivity index (χ1) is 13.6. The van der Waals surface area contributed by atoms with Crippen molar-refractivity contribution >= 4 is 23.1 Å². The zero-order chi connectivity index (χ0) is 21.2. The van der Waals surface area contributed by atoms with E-state index in [1.807, 2.05) is 48.9 Å². The van der Waals surface area contributed by atoms with Gasteiger partial charge in [0.25, 0.3) is 0 Å². The minimum atomic E-state index is -0.400. The summed E-state index contributed by atoms with van der Waals surface area (Å²) in [6.45, 7) is 10.7. The lowest BCUT2D eigenvalue weighted by Crippen LogP contribution is -2.13. The monoisotopic (exact) mass is 415 g/mol. The lowest BCUT2D eigenvalue weighted by Gasteiger charge is -2.14. The molecule has 154 valence electrons. The molecule has 1 aromatic heterocycles. The second-order valence-electron chi connectivity index (χ2n) is 8.39. The van der Waals surface area contributed by atoms with Gasteiger partial charge in [-0.1, -0.05) is 44.5 Å². The van der Waals surface area contributed by atoms with E-state index in [9.17, 15) is 4.39 Å². The molecule has 0 bridgehead atoms. The number of hydrogen-bond acceptors (Lipinski definition) is 3. The molecule has 0 saturated heterocycles. The summed E-state index contributed by atoms with van der Waals surface area (Å²) < 4.78 is 21.8. The van der Waals surface area contributed by atoms with E-state index < -0.39 is 5.82 Å². The van der Waals surface area contributed by atoms with Gasteiger partial charge in [-0.2, -0.15) is 5.10 Å². The van der Waals surface area contributed by atoms with E-state index >= 15 is 0 Å². The van der Waals surface area contributed by atoms with Gasteiger partial charge in [-0.05, 0) is 43.7 Å². The zero-order valence-corrected chi connectivity index (χ0v) is 18.2. The molecule has 1 heterocycles. The van der Waals surface area contributed by atoms with Crippen molar-refractivity contribution in [1.82, 2.24) is 9.78 Å². The molecule has 4 nitrogen and oxygen atoms in total. The van der Waals surface area contributed by atoms with Crippen LogP contribution in [0.4, 0.5) is 15.9 Å². The molecular formula is C23H27ClFN3O. The van der Waals surface area contributed by atoms with Gasteiger partial charge in [0.1, 0.15) is 5.82 Å². The predicted octanol–water partition coefficient (Wildman–Crippen LogP) is 6.55. The lowest BCUT2D eigenvalue weighted by molar-refractivity contribution is 0.231. The van der Waals surface area contributed by atoms with Crippen molar-refractivity contribution in [2.45, 2.75) is 52.7 Å². The maximum atomic E-state index is 14.4. The normalized spacial score (nSPS) is 11.7. The molecule has 3 aromatic rings. The molecule has 3 rings (SSSR count). The first kappa shape index (κ1) is 21.2. The van der Waals surface area contributed by atoms with Gasteiger partial charge in [-0.15, -0.1) is 0 Å². The summed E-state index contributed by atoms with van der Waals surface area (Å²) in [6, 6.07) is 14.6. The first-order valence-electron chi connectivity index (χ1n) is 9.68. The number of aromatic nitrogens is 2. The minimum Gasteiger partial charge on any atom is -0.488 e. The van der Waals surface area contributed by atoms with Crippen LogP contribution < -0.4 is 10.1 Å². The number of benzene rings is 2. The fourth-order valence-corrected chi connectivity index (χ4v) is 2.97. The van der Waals surface area contributed by atoms with Gasteiger partial charge in [-0.25, -0.2) is 9.07 Å². The highest BCUT2D eigenvalue weighted by Gasteiger charge is 2.20. The molecule has 0 atom stereocenters. The third-order valence-corrected chi connectivity index (χ3v) is 4.61. The van der Waals surface area contributed by atoms with E-state index in [1.165, 1.54) is 6.07 Å². The van der Waals surface area contributed by atoms with Gasteiger partial charge in [0, 0.05) is 28.3 Å². The molecule has 0 unspecified atom stereocenters. The molecule has 1 N–H and O–H groups in total. The van der Waals surface area contributed by atoms with Gasteiger partial charge in [-0.3, -0.25) is 0 Å². The Hall–Kier alpha value is -2.53. The second kappa shape index (κ2) is 8.46. The third kappa shape index (κ3) is 5.51. The largest absolute Gasteiger partial charge is 0.488 e. The topological polar surface area (TPSA) is 39.1 Å². The van der Waals surface area contributed by atoms with Crippen molar-refractivity contribution in [2.75, 3.05) is 5.32 Å². The molecule has 0 saturated carbocycles. The molecule has 29 heavy (non-hydrogen) atoms. The Morgan fingerprint density at radius 3 is 2.38 bits per heavy atom. The Kier molecular flexibility index (Phi) is 6.18. The molecule has 0 radical (unpaired) electrons. The van der Waals surface area contributed by atoms with Crippen LogP contribution in [-0.4, -0.2) is 15.9 Å². The van der Waals surface area contributed by atoms with E-state index in [0.29, 0.717) is 17.3 Å². The first-order valence-corrected chi connectivity index (χ1v) is 10.1. The highest BCUT2D eigenvalue weighted by atomic mass is 35.5. The number of ether oxygens (including phenoxy) is 1. The summed E-state index contributed by atoms with van der Waals surface area (Å²) in [5.74, 6) is 0.640. The Morgan fingerprint density at radius 2 is 1.79 bits per heavy atom. The van der Waals surface area contributed by atoms with Gasteiger partial charge >= 0.3 is 0 Å². The van der Waals surface area contributed by atoms with Crippen LogP contribution in [0.15, 0.2) is 48.5 Å². The maximum absolute atomic E-state index is 14.4. The fraction of sp³-hybridized carbons (Fsp3) is 0.348. The molecule has 0 aliphatic carbocycles. The van der Waals surface area contributed by atoms with E-state index in [4.69, 9.17) is 21.4 Å². The van der Waals surface area contributed by atoms with Crippen LogP contribution in [-0.2, 0) is 12.0 Å². The van der Waals surface area contributed by atoms with Crippen molar-refractivity contribution < 1.29 is 9.13 Å². The number of rotatable bonds is 6. The lowest BCUT2D eigenvalue weighted by atomic mass is 9.92. The zero-order valence-electron chi connectivity index (χ0n) is 17.5. The van der Waals surface area contributed by atoms with Crippen LogP contribution in [0, 0.1) is 5.82 Å². The fourth-order valence-electron chi connectivity index (χ4n) is 2.84. The number of hydrogen-bond donors (Lipinski definition) is 1. The quantitative estimate of drug-likeness (QED) is 0.496.